The van der Waals surface area contributed by atoms with Crippen molar-refractivity contribution in [2.45, 2.75) is 31.2 Å². The fourth-order valence-corrected chi connectivity index (χ4v) is 6.77. The average Bonchev–Trinajstić information content (AvgIpc) is 2.49. The fraction of sp³-hybridized carbons (Fsp3) is 0.500. The van der Waals surface area contributed by atoms with Crippen molar-refractivity contribution in [3.8, 4) is 0 Å². The lowest BCUT2D eigenvalue weighted by Crippen LogP contribution is -2.84. The van der Waals surface area contributed by atoms with E-state index in [0.717, 1.165) is 6.07 Å². The summed E-state index contributed by atoms with van der Waals surface area (Å²) in [5.41, 5.74) is -8.00. The van der Waals surface area contributed by atoms with Gasteiger partial charge in [0.2, 0.25) is 5.67 Å². The van der Waals surface area contributed by atoms with Gasteiger partial charge < -0.3 is 0 Å². The van der Waals surface area contributed by atoms with Gasteiger partial charge >= 0.3 is 5.00 Å². The molecule has 1 saturated carbocycles. The van der Waals surface area contributed by atoms with E-state index in [9.17, 15) is 33.1 Å². The van der Waals surface area contributed by atoms with Crippen molar-refractivity contribution in [2.24, 2.45) is 0 Å². The molecule has 0 N–H and O–H groups in total. The van der Waals surface area contributed by atoms with Crippen molar-refractivity contribution in [1.29, 1.82) is 0 Å². The van der Waals surface area contributed by atoms with Gasteiger partial charge in [-0.1, -0.05) is 76.7 Å². The van der Waals surface area contributed by atoms with Crippen LogP contribution in [-0.4, -0.2) is 25.5 Å². The van der Waals surface area contributed by atoms with Gasteiger partial charge in [-0.2, -0.15) is 0 Å². The van der Waals surface area contributed by atoms with Crippen LogP contribution in [0.15, 0.2) is 30.3 Å². The number of benzene rings is 1. The monoisotopic (exact) mass is 546 g/mol. The molecule has 28 heavy (non-hydrogen) atoms. The second-order valence-electron chi connectivity index (χ2n) is 5.89. The highest BCUT2D eigenvalue weighted by molar-refractivity contribution is 8.66. The first-order valence-corrected chi connectivity index (χ1v) is 10.9. The predicted octanol–water partition coefficient (Wildman–Crippen LogP) is 8.72. The summed E-state index contributed by atoms with van der Waals surface area (Å²) in [6, 6.07) is 2.41. The molecule has 1 aromatic rings. The zero-order valence-electron chi connectivity index (χ0n) is 12.5. The minimum Gasteiger partial charge on any atom is -0.228 e. The molecule has 0 heterocycles. The van der Waals surface area contributed by atoms with E-state index in [4.69, 9.17) is 23.2 Å². The topological polar surface area (TPSA) is 0 Å². The largest absolute Gasteiger partial charge is 0.326 e. The minimum atomic E-state index is -11.5. The Morgan fingerprint density at radius 2 is 0.964 bits per heavy atom. The molecule has 0 amide bonds. The molecule has 0 spiro atoms. The lowest BCUT2D eigenvalue weighted by Gasteiger charge is -2.66. The van der Waals surface area contributed by atoms with E-state index in [1.807, 2.05) is 0 Å². The Morgan fingerprint density at radius 3 is 1.32 bits per heavy atom. The maximum atomic E-state index is 15.7. The summed E-state index contributed by atoms with van der Waals surface area (Å²) in [6.07, 6.45) is 0. The molecule has 0 bridgehead atoms. The van der Waals surface area contributed by atoms with Gasteiger partial charge in [-0.15, -0.1) is 15.5 Å². The minimum absolute atomic E-state index is 0.116. The molecule has 6 atom stereocenters. The number of alkyl halides is 10. The third-order valence-corrected chi connectivity index (χ3v) is 8.91. The molecule has 1 aliphatic rings. The Hall–Kier alpha value is 0.320. The van der Waals surface area contributed by atoms with Gasteiger partial charge in [-0.3, -0.25) is 0 Å². The van der Waals surface area contributed by atoms with Gasteiger partial charge in [-0.25, -0.2) is 26.3 Å². The lowest BCUT2D eigenvalue weighted by atomic mass is 9.73. The van der Waals surface area contributed by atoms with Crippen LogP contribution in [0, 0.1) is 0 Å². The SMILES string of the molecule is FC1(Cl)C(F)(Cl)C(F)(Cl)C(F)(S(F)(F)(F)(F)Cl)C(F)(c2ccccc2)C1(F)Cl. The van der Waals surface area contributed by atoms with Crippen LogP contribution in [0.1, 0.15) is 5.56 Å². The zero-order chi connectivity index (χ0) is 22.5. The molecule has 0 nitrogen and oxygen atoms in total. The van der Waals surface area contributed by atoms with Crippen LogP contribution in [0.4, 0.5) is 41.9 Å². The standard InChI is InChI=1S/C12H5Cl5F10S/c13-8(19)7(18,6-4-2-1-3-5-6)12(23,28(17,24,25,26)27)11(16,22)10(15,21)9(8,14)20/h1-5H. The second kappa shape index (κ2) is 5.38. The molecule has 16 heteroatoms. The molecule has 1 aliphatic carbocycles. The number of hydrogen-bond acceptors (Lipinski definition) is 0. The molecule has 164 valence electrons. The van der Waals surface area contributed by atoms with Gasteiger partial charge in [0, 0.05) is 10.7 Å². The van der Waals surface area contributed by atoms with E-state index in [1.165, 1.54) is 0 Å². The smallest absolute Gasteiger partial charge is 0.228 e. The number of hydrogen-bond donors (Lipinski definition) is 0. The summed E-state index contributed by atoms with van der Waals surface area (Å²) < 4.78 is 146. The first kappa shape index (κ1) is 24.6. The summed E-state index contributed by atoms with van der Waals surface area (Å²) in [4.78, 5) is 0. The number of halogens is 15. The Bertz CT molecular complexity index is 812. The molecule has 0 saturated heterocycles. The first-order valence-electron chi connectivity index (χ1n) is 6.53. The predicted molar refractivity (Wildman–Crippen MR) is 89.7 cm³/mol. The van der Waals surface area contributed by atoms with Crippen molar-refractivity contribution in [3.63, 3.8) is 0 Å². The Kier molecular flexibility index (Phi) is 4.72. The fourth-order valence-electron chi connectivity index (χ4n) is 2.77. The quantitative estimate of drug-likeness (QED) is 0.256. The summed E-state index contributed by atoms with van der Waals surface area (Å²) in [5, 5.41) is -30.7. The average molecular weight is 548 g/mol. The molecule has 0 aliphatic heterocycles. The zero-order valence-corrected chi connectivity index (χ0v) is 17.1. The van der Waals surface area contributed by atoms with E-state index in [2.05, 4.69) is 33.9 Å². The van der Waals surface area contributed by atoms with Gasteiger partial charge in [0.05, 0.1) is 0 Å². The van der Waals surface area contributed by atoms with Crippen molar-refractivity contribution < 1.29 is 41.9 Å². The third kappa shape index (κ3) is 2.43. The summed E-state index contributed by atoms with van der Waals surface area (Å²) in [6.45, 7) is 0. The van der Waals surface area contributed by atoms with E-state index >= 15 is 8.78 Å². The molecular weight excluding hydrogens is 543 g/mol. The molecule has 0 radical (unpaired) electrons. The van der Waals surface area contributed by atoms with Crippen LogP contribution >= 0.6 is 66.1 Å². The van der Waals surface area contributed by atoms with Crippen LogP contribution < -0.4 is 0 Å². The van der Waals surface area contributed by atoms with Gasteiger partial charge in [0.25, 0.3) is 29.6 Å². The molecule has 6 unspecified atom stereocenters. The second-order valence-corrected chi connectivity index (χ2v) is 12.3. The summed E-state index contributed by atoms with van der Waals surface area (Å²) >= 11 is 18.6. The highest BCUT2D eigenvalue weighted by Crippen LogP contribution is 3.11. The lowest BCUT2D eigenvalue weighted by molar-refractivity contribution is -0.238. The van der Waals surface area contributed by atoms with Crippen LogP contribution in [0.25, 0.3) is 0 Å². The van der Waals surface area contributed by atoms with Gasteiger partial charge in [0.1, 0.15) is 0 Å². The highest BCUT2D eigenvalue weighted by Gasteiger charge is 3.06. The Labute approximate surface area is 174 Å². The Morgan fingerprint density at radius 1 is 0.607 bits per heavy atom. The molecule has 1 aromatic carbocycles. The van der Waals surface area contributed by atoms with E-state index in [1.54, 1.807) is 0 Å². The summed E-state index contributed by atoms with van der Waals surface area (Å²) in [7, 11) is -7.75. The van der Waals surface area contributed by atoms with Crippen molar-refractivity contribution in [3.05, 3.63) is 35.9 Å². The third-order valence-electron chi connectivity index (χ3n) is 4.17. The van der Waals surface area contributed by atoms with Crippen LogP contribution in [0.3, 0.4) is 0 Å². The van der Waals surface area contributed by atoms with Crippen LogP contribution in [0.5, 0.6) is 0 Å². The van der Waals surface area contributed by atoms with Crippen molar-refractivity contribution in [2.75, 3.05) is 0 Å². The molecule has 1 fully saturated rings. The summed E-state index contributed by atoms with van der Waals surface area (Å²) in [5.74, 6) is 0. The normalized spacial score (nSPS) is 50.0. The molecular formula is C12H5Cl5F10S. The van der Waals surface area contributed by atoms with Crippen molar-refractivity contribution in [1.82, 2.24) is 0 Å². The maximum Gasteiger partial charge on any atom is 0.326 e. The highest BCUT2D eigenvalue weighted by atomic mass is 35.7. The van der Waals surface area contributed by atoms with Crippen LogP contribution in [-0.2, 0) is 5.67 Å². The van der Waals surface area contributed by atoms with E-state index < -0.39 is 45.8 Å². The first-order chi connectivity index (χ1) is 11.9. The Balaban J connectivity index is 3.23. The number of rotatable bonds is 2. The van der Waals surface area contributed by atoms with Gasteiger partial charge in [0.15, 0.2) is 0 Å². The van der Waals surface area contributed by atoms with Crippen molar-refractivity contribution >= 4 is 66.1 Å². The molecule has 2 rings (SSSR count). The van der Waals surface area contributed by atoms with E-state index in [0.29, 0.717) is 12.1 Å². The maximum absolute atomic E-state index is 15.7. The van der Waals surface area contributed by atoms with Gasteiger partial charge in [-0.05, 0) is 5.56 Å². The van der Waals surface area contributed by atoms with E-state index in [-0.39, 0.29) is 12.1 Å². The van der Waals surface area contributed by atoms with Crippen LogP contribution in [0.2, 0.25) is 0 Å². The molecule has 0 aromatic heterocycles.